The van der Waals surface area contributed by atoms with Gasteiger partial charge >= 0.3 is 5.97 Å². The Bertz CT molecular complexity index is 644. The fourth-order valence-corrected chi connectivity index (χ4v) is 3.76. The highest BCUT2D eigenvalue weighted by Gasteiger charge is 2.23. The molecule has 1 aliphatic rings. The number of aromatic nitrogens is 2. The van der Waals surface area contributed by atoms with Gasteiger partial charge in [0.15, 0.2) is 5.69 Å². The lowest BCUT2D eigenvalue weighted by Gasteiger charge is -2.07. The fraction of sp³-hybridized carbons (Fsp3) is 0.333. The number of carbonyl (C=O) groups is 1. The number of nitrogens with zero attached hydrogens (tertiary/aromatic N) is 2. The summed E-state index contributed by atoms with van der Waals surface area (Å²) in [5.41, 5.74) is 7.79. The molecular formula is C15H17N3O2S. The van der Waals surface area contributed by atoms with Crippen LogP contribution in [0.2, 0.25) is 0 Å². The van der Waals surface area contributed by atoms with E-state index < -0.39 is 5.97 Å². The molecule has 0 saturated carbocycles. The minimum Gasteiger partial charge on any atom is -0.461 e. The molecule has 1 aromatic heterocycles. The van der Waals surface area contributed by atoms with Crippen LogP contribution in [-0.2, 0) is 17.7 Å². The predicted octanol–water partition coefficient (Wildman–Crippen LogP) is 2.36. The summed E-state index contributed by atoms with van der Waals surface area (Å²) in [6, 6.07) is 8.41. The first kappa shape index (κ1) is 14.0. The van der Waals surface area contributed by atoms with Gasteiger partial charge in [-0.1, -0.05) is 18.2 Å². The molecule has 110 valence electrons. The third-order valence-corrected chi connectivity index (χ3v) is 4.66. The van der Waals surface area contributed by atoms with Crippen molar-refractivity contribution in [2.75, 3.05) is 12.3 Å². The first-order chi connectivity index (χ1) is 10.2. The van der Waals surface area contributed by atoms with E-state index in [1.807, 2.05) is 11.8 Å². The zero-order valence-electron chi connectivity index (χ0n) is 11.8. The third-order valence-electron chi connectivity index (χ3n) is 3.36. The van der Waals surface area contributed by atoms with Gasteiger partial charge in [-0.05, 0) is 25.0 Å². The number of rotatable bonds is 4. The molecule has 0 fully saturated rings. The zero-order valence-corrected chi connectivity index (χ0v) is 12.6. The van der Waals surface area contributed by atoms with Crippen LogP contribution in [0.1, 0.15) is 23.0 Å². The van der Waals surface area contributed by atoms with E-state index in [0.717, 1.165) is 13.0 Å². The average Bonchev–Trinajstić information content (AvgIpc) is 3.02. The second-order valence-electron chi connectivity index (χ2n) is 4.93. The minimum absolute atomic E-state index is 0.206. The number of nitrogens with two attached hydrogens (primary N) is 1. The Morgan fingerprint density at radius 1 is 1.52 bits per heavy atom. The van der Waals surface area contributed by atoms with E-state index in [4.69, 9.17) is 10.5 Å². The normalized spacial score (nSPS) is 16.7. The molecule has 0 radical (unpaired) electrons. The highest BCUT2D eigenvalue weighted by atomic mass is 32.2. The molecule has 2 N–H and O–H groups in total. The molecule has 21 heavy (non-hydrogen) atoms. The Balaban J connectivity index is 1.70. The molecule has 0 spiro atoms. The van der Waals surface area contributed by atoms with E-state index in [1.165, 1.54) is 10.5 Å². The highest BCUT2D eigenvalue weighted by Crippen LogP contribution is 2.37. The molecule has 6 heteroatoms. The summed E-state index contributed by atoms with van der Waals surface area (Å²) in [4.78, 5) is 13.0. The van der Waals surface area contributed by atoms with Crippen LogP contribution in [0.4, 0.5) is 5.69 Å². The van der Waals surface area contributed by atoms with Crippen molar-refractivity contribution in [3.05, 3.63) is 41.7 Å². The molecule has 1 unspecified atom stereocenters. The van der Waals surface area contributed by atoms with Crippen molar-refractivity contribution in [2.45, 2.75) is 30.0 Å². The number of esters is 1. The lowest BCUT2D eigenvalue weighted by atomic mass is 10.1. The van der Waals surface area contributed by atoms with E-state index in [0.29, 0.717) is 17.5 Å². The Labute approximate surface area is 127 Å². The topological polar surface area (TPSA) is 70.1 Å². The smallest absolute Gasteiger partial charge is 0.361 e. The molecular weight excluding hydrogens is 286 g/mol. The molecule has 0 bridgehead atoms. The Kier molecular flexibility index (Phi) is 3.88. The van der Waals surface area contributed by atoms with Gasteiger partial charge in [0.1, 0.15) is 0 Å². The Hall–Kier alpha value is -1.95. The maximum absolute atomic E-state index is 11.7. The molecule has 0 amide bonds. The van der Waals surface area contributed by atoms with Crippen LogP contribution in [0.3, 0.4) is 0 Å². The first-order valence-corrected chi connectivity index (χ1v) is 7.80. The van der Waals surface area contributed by atoms with Crippen molar-refractivity contribution in [1.82, 2.24) is 9.78 Å². The van der Waals surface area contributed by atoms with Crippen LogP contribution in [0.15, 0.2) is 35.4 Å². The largest absolute Gasteiger partial charge is 0.461 e. The van der Waals surface area contributed by atoms with Crippen molar-refractivity contribution in [1.29, 1.82) is 0 Å². The SMILES string of the molecule is CCOC(=O)c1nn(CC2Cc3ccccc3S2)cc1N. The van der Waals surface area contributed by atoms with Crippen LogP contribution in [0.5, 0.6) is 0 Å². The summed E-state index contributed by atoms with van der Waals surface area (Å²) in [5, 5.41) is 4.67. The second-order valence-corrected chi connectivity index (χ2v) is 6.27. The molecule has 2 aromatic rings. The van der Waals surface area contributed by atoms with Crippen LogP contribution >= 0.6 is 11.8 Å². The number of fused-ring (bicyclic) bond motifs is 1. The van der Waals surface area contributed by atoms with Crippen molar-refractivity contribution >= 4 is 23.4 Å². The van der Waals surface area contributed by atoms with Crippen molar-refractivity contribution in [3.63, 3.8) is 0 Å². The van der Waals surface area contributed by atoms with Crippen LogP contribution < -0.4 is 5.73 Å². The van der Waals surface area contributed by atoms with Crippen LogP contribution in [0.25, 0.3) is 0 Å². The monoisotopic (exact) mass is 303 g/mol. The molecule has 3 rings (SSSR count). The van der Waals surface area contributed by atoms with Gasteiger partial charge in [0, 0.05) is 16.3 Å². The van der Waals surface area contributed by atoms with Crippen molar-refractivity contribution < 1.29 is 9.53 Å². The molecule has 0 aliphatic carbocycles. The number of hydrogen-bond acceptors (Lipinski definition) is 5. The van der Waals surface area contributed by atoms with Gasteiger partial charge in [-0.25, -0.2) is 4.79 Å². The lowest BCUT2D eigenvalue weighted by Crippen LogP contribution is -2.14. The molecule has 1 aliphatic heterocycles. The maximum Gasteiger partial charge on any atom is 0.361 e. The summed E-state index contributed by atoms with van der Waals surface area (Å²) in [5.74, 6) is -0.462. The number of benzene rings is 1. The van der Waals surface area contributed by atoms with Gasteiger partial charge in [0.25, 0.3) is 0 Å². The van der Waals surface area contributed by atoms with Gasteiger partial charge in [-0.15, -0.1) is 11.8 Å². The van der Waals surface area contributed by atoms with Gasteiger partial charge < -0.3 is 10.5 Å². The standard InChI is InChI=1S/C15H17N3O2S/c1-2-20-15(19)14-12(16)9-18(17-14)8-11-7-10-5-3-4-6-13(10)21-11/h3-6,9,11H,2,7-8,16H2,1H3. The molecule has 2 heterocycles. The van der Waals surface area contributed by atoms with Crippen LogP contribution in [0, 0.1) is 0 Å². The fourth-order valence-electron chi connectivity index (χ4n) is 2.45. The van der Waals surface area contributed by atoms with Gasteiger partial charge in [0.05, 0.1) is 18.8 Å². The van der Waals surface area contributed by atoms with Crippen LogP contribution in [-0.4, -0.2) is 27.6 Å². The molecule has 5 nitrogen and oxygen atoms in total. The highest BCUT2D eigenvalue weighted by molar-refractivity contribution is 8.00. The number of thioether (sulfide) groups is 1. The van der Waals surface area contributed by atoms with Crippen molar-refractivity contribution in [3.8, 4) is 0 Å². The summed E-state index contributed by atoms with van der Waals surface area (Å²) in [6.07, 6.45) is 2.71. The molecule has 1 atom stereocenters. The van der Waals surface area contributed by atoms with E-state index in [-0.39, 0.29) is 5.69 Å². The van der Waals surface area contributed by atoms with Gasteiger partial charge in [-0.3, -0.25) is 4.68 Å². The molecule has 1 aromatic carbocycles. The van der Waals surface area contributed by atoms with Gasteiger partial charge in [-0.2, -0.15) is 5.10 Å². The van der Waals surface area contributed by atoms with E-state index >= 15 is 0 Å². The summed E-state index contributed by atoms with van der Waals surface area (Å²) < 4.78 is 6.68. The minimum atomic E-state index is -0.462. The van der Waals surface area contributed by atoms with E-state index in [1.54, 1.807) is 17.8 Å². The quantitative estimate of drug-likeness (QED) is 0.878. The third kappa shape index (κ3) is 2.90. The maximum atomic E-state index is 11.7. The number of carbonyl (C=O) groups excluding carboxylic acids is 1. The number of anilines is 1. The van der Waals surface area contributed by atoms with E-state index in [2.05, 4.69) is 29.4 Å². The summed E-state index contributed by atoms with van der Waals surface area (Å²) in [7, 11) is 0. The van der Waals surface area contributed by atoms with Crippen molar-refractivity contribution in [2.24, 2.45) is 0 Å². The predicted molar refractivity (Wildman–Crippen MR) is 82.4 cm³/mol. The lowest BCUT2D eigenvalue weighted by molar-refractivity contribution is 0.0519. The van der Waals surface area contributed by atoms with E-state index in [9.17, 15) is 4.79 Å². The summed E-state index contributed by atoms with van der Waals surface area (Å²) >= 11 is 1.85. The second kappa shape index (κ2) is 5.81. The average molecular weight is 303 g/mol. The number of nitrogen functional groups attached to an aromatic ring is 1. The molecule has 0 saturated heterocycles. The first-order valence-electron chi connectivity index (χ1n) is 6.92. The summed E-state index contributed by atoms with van der Waals surface area (Å²) in [6.45, 7) is 2.80. The number of hydrogen-bond donors (Lipinski definition) is 1. The van der Waals surface area contributed by atoms with Gasteiger partial charge in [0.2, 0.25) is 0 Å². The zero-order chi connectivity index (χ0) is 14.8. The number of ether oxygens (including phenoxy) is 1. The Morgan fingerprint density at radius 3 is 3.10 bits per heavy atom. The Morgan fingerprint density at radius 2 is 2.33 bits per heavy atom.